The molecule has 0 spiro atoms. The maximum Gasteiger partial charge on any atom is 0.325 e. The van der Waals surface area contributed by atoms with Crippen molar-refractivity contribution in [3.63, 3.8) is 0 Å². The van der Waals surface area contributed by atoms with Crippen molar-refractivity contribution in [3.8, 4) is 0 Å². The Morgan fingerprint density at radius 1 is 1.00 bits per heavy atom. The van der Waals surface area contributed by atoms with E-state index >= 15 is 0 Å². The first-order valence-corrected chi connectivity index (χ1v) is 12.0. The van der Waals surface area contributed by atoms with Crippen molar-refractivity contribution in [2.75, 3.05) is 13.2 Å². The number of nitrogens with one attached hydrogen (secondary N) is 2. The molecule has 3 N–H and O–H groups in total. The van der Waals surface area contributed by atoms with Crippen LogP contribution in [0, 0.1) is 0 Å². The van der Waals surface area contributed by atoms with Crippen molar-refractivity contribution in [1.29, 1.82) is 0 Å². The normalized spacial score (nSPS) is 19.1. The molecule has 2 aromatic carbocycles. The molecule has 1 aliphatic heterocycles. The van der Waals surface area contributed by atoms with Crippen LogP contribution < -0.4 is 10.6 Å². The van der Waals surface area contributed by atoms with Crippen molar-refractivity contribution in [2.24, 2.45) is 0 Å². The molecule has 1 amide bonds. The molecule has 4 atom stereocenters. The average Bonchev–Trinajstić information content (AvgIpc) is 3.21. The van der Waals surface area contributed by atoms with Gasteiger partial charge in [0.05, 0.1) is 12.6 Å². The minimum absolute atomic E-state index is 0.0147. The van der Waals surface area contributed by atoms with E-state index in [4.69, 9.17) is 14.2 Å². The fourth-order valence-corrected chi connectivity index (χ4v) is 3.88. The summed E-state index contributed by atoms with van der Waals surface area (Å²) in [6, 6.07) is 15.9. The van der Waals surface area contributed by atoms with Crippen LogP contribution in [0.5, 0.6) is 0 Å². The average molecular weight is 499 g/mol. The lowest BCUT2D eigenvalue weighted by Crippen LogP contribution is -2.55. The van der Waals surface area contributed by atoms with Gasteiger partial charge in [-0.2, -0.15) is 0 Å². The number of hydrogen-bond acceptors (Lipinski definition) is 7. The quantitative estimate of drug-likeness (QED) is 0.380. The van der Waals surface area contributed by atoms with E-state index in [0.29, 0.717) is 6.61 Å². The Kier molecular flexibility index (Phi) is 9.58. The molecule has 0 bridgehead atoms. The molecule has 1 saturated heterocycles. The first-order chi connectivity index (χ1) is 17.1. The second kappa shape index (κ2) is 12.6. The van der Waals surface area contributed by atoms with Gasteiger partial charge in [-0.05, 0) is 44.7 Å². The van der Waals surface area contributed by atoms with Gasteiger partial charge in [0, 0.05) is 0 Å². The number of carbonyl (C=O) groups is 3. The van der Waals surface area contributed by atoms with Gasteiger partial charge >= 0.3 is 11.9 Å². The van der Waals surface area contributed by atoms with E-state index < -0.39 is 41.8 Å². The van der Waals surface area contributed by atoms with Crippen LogP contribution in [-0.4, -0.2) is 66.2 Å². The Labute approximate surface area is 211 Å². The summed E-state index contributed by atoms with van der Waals surface area (Å²) in [6.45, 7) is 5.30. The molecule has 1 heterocycles. The van der Waals surface area contributed by atoms with Crippen molar-refractivity contribution in [2.45, 2.75) is 63.6 Å². The molecule has 1 aliphatic rings. The molecular weight excluding hydrogens is 464 g/mol. The number of esters is 1. The monoisotopic (exact) mass is 498 g/mol. The lowest BCUT2D eigenvalue weighted by Gasteiger charge is -2.26. The highest BCUT2D eigenvalue weighted by Gasteiger charge is 2.35. The number of amides is 1. The molecule has 0 radical (unpaired) electrons. The molecule has 9 heteroatoms. The van der Waals surface area contributed by atoms with Crippen LogP contribution in [0.1, 0.15) is 31.9 Å². The fraction of sp³-hybridized carbons (Fsp3) is 0.444. The Hall–Kier alpha value is -3.27. The maximum atomic E-state index is 13.2. The summed E-state index contributed by atoms with van der Waals surface area (Å²) in [5, 5.41) is 14.9. The number of benzene rings is 2. The van der Waals surface area contributed by atoms with Gasteiger partial charge in [-0.3, -0.25) is 19.7 Å². The molecule has 9 nitrogen and oxygen atoms in total. The summed E-state index contributed by atoms with van der Waals surface area (Å²) in [6.07, 6.45) is 0.146. The second-order valence-corrected chi connectivity index (χ2v) is 9.30. The molecule has 194 valence electrons. The predicted molar refractivity (Wildman–Crippen MR) is 132 cm³/mol. The van der Waals surface area contributed by atoms with Crippen LogP contribution in [0.25, 0.3) is 0 Å². The predicted octanol–water partition coefficient (Wildman–Crippen LogP) is 2.08. The number of carboxylic acid groups (broad SMARTS) is 1. The van der Waals surface area contributed by atoms with E-state index in [1.807, 2.05) is 60.7 Å². The van der Waals surface area contributed by atoms with Crippen LogP contribution >= 0.6 is 0 Å². The highest BCUT2D eigenvalue weighted by atomic mass is 16.7. The van der Waals surface area contributed by atoms with Crippen LogP contribution in [0.4, 0.5) is 0 Å². The zero-order chi connectivity index (χ0) is 26.1. The Morgan fingerprint density at radius 3 is 2.06 bits per heavy atom. The van der Waals surface area contributed by atoms with Gasteiger partial charge in [0.25, 0.3) is 0 Å². The molecule has 1 fully saturated rings. The smallest absolute Gasteiger partial charge is 0.325 e. The summed E-state index contributed by atoms with van der Waals surface area (Å²) >= 11 is 0. The van der Waals surface area contributed by atoms with E-state index in [-0.39, 0.29) is 25.6 Å². The van der Waals surface area contributed by atoms with Crippen LogP contribution in [-0.2, 0) is 41.4 Å². The van der Waals surface area contributed by atoms with Crippen LogP contribution in [0.2, 0.25) is 0 Å². The summed E-state index contributed by atoms with van der Waals surface area (Å²) in [5.41, 5.74) is 1.74. The van der Waals surface area contributed by atoms with Gasteiger partial charge in [0.1, 0.15) is 24.8 Å². The summed E-state index contributed by atoms with van der Waals surface area (Å²) in [4.78, 5) is 37.6. The fourth-order valence-electron chi connectivity index (χ4n) is 3.88. The lowest BCUT2D eigenvalue weighted by atomic mass is 10.0. The molecule has 0 aromatic heterocycles. The number of carbonyl (C=O) groups excluding carboxylic acids is 2. The number of carboxylic acids is 1. The van der Waals surface area contributed by atoms with E-state index in [1.165, 1.54) is 6.92 Å². The third-order valence-corrected chi connectivity index (χ3v) is 5.78. The third kappa shape index (κ3) is 8.44. The molecule has 3 rings (SSSR count). The molecule has 2 aromatic rings. The molecular formula is C27H34N2O7. The maximum absolute atomic E-state index is 13.2. The zero-order valence-electron chi connectivity index (χ0n) is 20.8. The van der Waals surface area contributed by atoms with Gasteiger partial charge < -0.3 is 24.6 Å². The van der Waals surface area contributed by atoms with Gasteiger partial charge in [0.2, 0.25) is 5.91 Å². The lowest BCUT2D eigenvalue weighted by molar-refractivity contribution is -0.160. The van der Waals surface area contributed by atoms with Gasteiger partial charge in [-0.1, -0.05) is 60.7 Å². The van der Waals surface area contributed by atoms with Crippen molar-refractivity contribution < 1.29 is 33.7 Å². The Bertz CT molecular complexity index is 1010. The van der Waals surface area contributed by atoms with E-state index in [1.54, 1.807) is 13.8 Å². The van der Waals surface area contributed by atoms with Gasteiger partial charge in [-0.15, -0.1) is 0 Å². The minimum atomic E-state index is -1.15. The molecule has 0 aliphatic carbocycles. The van der Waals surface area contributed by atoms with Crippen molar-refractivity contribution >= 4 is 17.8 Å². The Morgan fingerprint density at radius 2 is 1.56 bits per heavy atom. The zero-order valence-corrected chi connectivity index (χ0v) is 20.8. The van der Waals surface area contributed by atoms with Gasteiger partial charge in [-0.25, -0.2) is 0 Å². The van der Waals surface area contributed by atoms with Crippen LogP contribution in [0.15, 0.2) is 60.7 Å². The molecule has 2 unspecified atom stereocenters. The number of aliphatic carboxylic acids is 1. The van der Waals surface area contributed by atoms with E-state index in [9.17, 15) is 19.5 Å². The van der Waals surface area contributed by atoms with Crippen molar-refractivity contribution in [1.82, 2.24) is 10.6 Å². The summed E-state index contributed by atoms with van der Waals surface area (Å²) in [7, 11) is 0. The third-order valence-electron chi connectivity index (χ3n) is 5.78. The minimum Gasteiger partial charge on any atom is -0.480 e. The number of rotatable bonds is 12. The highest BCUT2D eigenvalue weighted by Crippen LogP contribution is 2.22. The van der Waals surface area contributed by atoms with Gasteiger partial charge in [0.15, 0.2) is 5.79 Å². The number of hydrogen-bond donors (Lipinski definition) is 3. The largest absolute Gasteiger partial charge is 0.480 e. The van der Waals surface area contributed by atoms with E-state index in [2.05, 4.69) is 10.6 Å². The van der Waals surface area contributed by atoms with Crippen molar-refractivity contribution in [3.05, 3.63) is 71.8 Å². The summed E-state index contributed by atoms with van der Waals surface area (Å²) in [5.74, 6) is -2.94. The summed E-state index contributed by atoms with van der Waals surface area (Å²) < 4.78 is 16.8. The standard InChI is InChI=1S/C27H34N2O7/c1-18(25(31)32)28-24(30)22(14-19-10-6-4-7-11-19)29-23(15-20-12-8-5-9-13-20)26(33)34-16-21-17-35-27(2,3)36-21/h4-13,18,21-23,29H,14-17H2,1-3H3,(H,28,30)(H,31,32)/t18?,21-,22+,23?/m1/s1. The molecule has 36 heavy (non-hydrogen) atoms. The Balaban J connectivity index is 1.77. The highest BCUT2D eigenvalue weighted by molar-refractivity contribution is 5.87. The topological polar surface area (TPSA) is 123 Å². The number of ether oxygens (including phenoxy) is 3. The first-order valence-electron chi connectivity index (χ1n) is 12.0. The van der Waals surface area contributed by atoms with Crippen LogP contribution in [0.3, 0.4) is 0 Å². The van der Waals surface area contributed by atoms with E-state index in [0.717, 1.165) is 11.1 Å². The second-order valence-electron chi connectivity index (χ2n) is 9.30. The first kappa shape index (κ1) is 27.3. The SMILES string of the molecule is CC(NC(=O)[C@H](Cc1ccccc1)NC(Cc1ccccc1)C(=O)OC[C@@H]1COC(C)(C)O1)C(=O)O. The molecule has 0 saturated carbocycles.